The lowest BCUT2D eigenvalue weighted by molar-refractivity contribution is -0.122. The van der Waals surface area contributed by atoms with Gasteiger partial charge in [0.05, 0.1) is 11.8 Å². The largest absolute Gasteiger partial charge is 0.351 e. The average molecular weight is 285 g/mol. The predicted molar refractivity (Wildman–Crippen MR) is 73.1 cm³/mol. The second kappa shape index (κ2) is 6.63. The number of amides is 1. The van der Waals surface area contributed by atoms with Gasteiger partial charge in [0, 0.05) is 25.2 Å². The molecule has 19 heavy (non-hydrogen) atoms. The highest BCUT2D eigenvalue weighted by atomic mass is 32.2. The zero-order chi connectivity index (χ0) is 14.5. The molecule has 0 saturated carbocycles. The number of rotatable bonds is 6. The summed E-state index contributed by atoms with van der Waals surface area (Å²) in [5.41, 5.74) is 7.57. The van der Waals surface area contributed by atoms with Gasteiger partial charge in [-0.2, -0.15) is 0 Å². The third kappa shape index (κ3) is 5.80. The molecule has 1 rings (SSSR count). The summed E-state index contributed by atoms with van der Waals surface area (Å²) in [4.78, 5) is 15.7. The van der Waals surface area contributed by atoms with Gasteiger partial charge < -0.3 is 11.1 Å². The summed E-state index contributed by atoms with van der Waals surface area (Å²) in [5, 5.41) is 2.69. The van der Waals surface area contributed by atoms with Crippen LogP contribution in [0.3, 0.4) is 0 Å². The zero-order valence-corrected chi connectivity index (χ0v) is 11.9. The molecule has 0 aliphatic carbocycles. The average Bonchev–Trinajstić information content (AvgIpc) is 2.33. The van der Waals surface area contributed by atoms with E-state index in [2.05, 4.69) is 10.3 Å². The van der Waals surface area contributed by atoms with Crippen LogP contribution < -0.4 is 11.1 Å². The van der Waals surface area contributed by atoms with Gasteiger partial charge in [-0.25, -0.2) is 8.42 Å². The number of pyridine rings is 1. The number of carbonyl (C=O) groups is 1. The number of sulfone groups is 1. The van der Waals surface area contributed by atoms with Crippen molar-refractivity contribution < 1.29 is 13.2 Å². The van der Waals surface area contributed by atoms with Crippen molar-refractivity contribution >= 4 is 15.7 Å². The molecular weight excluding hydrogens is 266 g/mol. The Morgan fingerprint density at radius 3 is 2.79 bits per heavy atom. The smallest absolute Gasteiger partial charge is 0.237 e. The molecule has 6 nitrogen and oxygen atoms in total. The number of nitrogens with one attached hydrogen (secondary N) is 1. The second-order valence-electron chi connectivity index (χ2n) is 4.55. The van der Waals surface area contributed by atoms with Gasteiger partial charge in [0.25, 0.3) is 0 Å². The lowest BCUT2D eigenvalue weighted by Crippen LogP contribution is -2.41. The summed E-state index contributed by atoms with van der Waals surface area (Å²) in [6, 6.07) is 1.01. The molecule has 7 heteroatoms. The molecule has 0 radical (unpaired) electrons. The predicted octanol–water partition coefficient (Wildman–Crippen LogP) is -0.232. The normalized spacial score (nSPS) is 13.0. The summed E-state index contributed by atoms with van der Waals surface area (Å²) >= 11 is 0. The first-order valence-corrected chi connectivity index (χ1v) is 7.96. The molecule has 1 atom stereocenters. The van der Waals surface area contributed by atoms with E-state index in [0.29, 0.717) is 6.54 Å². The van der Waals surface area contributed by atoms with Crippen LogP contribution in [0.15, 0.2) is 18.5 Å². The number of carbonyl (C=O) groups excluding carboxylic acids is 1. The lowest BCUT2D eigenvalue weighted by Gasteiger charge is -2.12. The van der Waals surface area contributed by atoms with E-state index in [1.165, 1.54) is 0 Å². The monoisotopic (exact) mass is 285 g/mol. The molecule has 1 aromatic heterocycles. The maximum absolute atomic E-state index is 11.7. The minimum Gasteiger partial charge on any atom is -0.351 e. The Labute approximate surface area is 113 Å². The fourth-order valence-corrected chi connectivity index (χ4v) is 2.17. The molecular formula is C12H19N3O3S. The molecule has 1 unspecified atom stereocenters. The fourth-order valence-electron chi connectivity index (χ4n) is 1.49. The highest BCUT2D eigenvalue weighted by Crippen LogP contribution is 2.04. The van der Waals surface area contributed by atoms with Gasteiger partial charge >= 0.3 is 0 Å². The number of hydrogen-bond donors (Lipinski definition) is 2. The van der Waals surface area contributed by atoms with Crippen LogP contribution in [0.5, 0.6) is 0 Å². The van der Waals surface area contributed by atoms with Gasteiger partial charge in [0.15, 0.2) is 0 Å². The van der Waals surface area contributed by atoms with E-state index < -0.39 is 15.9 Å². The van der Waals surface area contributed by atoms with Crippen molar-refractivity contribution in [3.05, 3.63) is 29.6 Å². The second-order valence-corrected chi connectivity index (χ2v) is 6.80. The van der Waals surface area contributed by atoms with Crippen molar-refractivity contribution in [3.63, 3.8) is 0 Å². The maximum Gasteiger partial charge on any atom is 0.237 e. The standard InChI is InChI=1S/C12H19N3O3S/c1-9-7-14-5-3-10(9)8-15-12(16)11(13)4-6-19(2,17)18/h3,5,7,11H,4,6,8,13H2,1-2H3,(H,15,16). The third-order valence-electron chi connectivity index (χ3n) is 2.73. The van der Waals surface area contributed by atoms with Gasteiger partial charge in [-0.15, -0.1) is 0 Å². The van der Waals surface area contributed by atoms with Crippen LogP contribution in [-0.2, 0) is 21.2 Å². The van der Waals surface area contributed by atoms with Crippen molar-refractivity contribution in [1.29, 1.82) is 0 Å². The number of aryl methyl sites for hydroxylation is 1. The lowest BCUT2D eigenvalue weighted by atomic mass is 10.1. The van der Waals surface area contributed by atoms with Crippen molar-refractivity contribution in [1.82, 2.24) is 10.3 Å². The molecule has 0 spiro atoms. The summed E-state index contributed by atoms with van der Waals surface area (Å²) in [7, 11) is -3.09. The van der Waals surface area contributed by atoms with Crippen LogP contribution in [0.25, 0.3) is 0 Å². The Hall–Kier alpha value is -1.47. The summed E-state index contributed by atoms with van der Waals surface area (Å²) in [6.45, 7) is 2.26. The van der Waals surface area contributed by atoms with E-state index in [1.54, 1.807) is 12.4 Å². The minimum atomic E-state index is -3.09. The summed E-state index contributed by atoms with van der Waals surface area (Å²) in [5.74, 6) is -0.435. The van der Waals surface area contributed by atoms with Crippen molar-refractivity contribution in [2.75, 3.05) is 12.0 Å². The molecule has 0 saturated heterocycles. The molecule has 0 fully saturated rings. The van der Waals surface area contributed by atoms with Gasteiger partial charge in [0.1, 0.15) is 9.84 Å². The van der Waals surface area contributed by atoms with Crippen LogP contribution in [0.1, 0.15) is 17.5 Å². The fraction of sp³-hybridized carbons (Fsp3) is 0.500. The van der Waals surface area contributed by atoms with Gasteiger partial charge in [0.2, 0.25) is 5.91 Å². The highest BCUT2D eigenvalue weighted by molar-refractivity contribution is 7.90. The van der Waals surface area contributed by atoms with Crippen LogP contribution in [0.4, 0.5) is 0 Å². The summed E-state index contributed by atoms with van der Waals surface area (Å²) in [6.07, 6.45) is 4.61. The topological polar surface area (TPSA) is 102 Å². The van der Waals surface area contributed by atoms with Crippen LogP contribution >= 0.6 is 0 Å². The van der Waals surface area contributed by atoms with Gasteiger partial charge in [-0.05, 0) is 30.5 Å². The van der Waals surface area contributed by atoms with E-state index >= 15 is 0 Å². The Bertz CT molecular complexity index is 543. The van der Waals surface area contributed by atoms with E-state index in [1.807, 2.05) is 13.0 Å². The molecule has 1 amide bonds. The van der Waals surface area contributed by atoms with Crippen molar-refractivity contribution in [3.8, 4) is 0 Å². The maximum atomic E-state index is 11.7. The Balaban J connectivity index is 2.45. The number of nitrogens with zero attached hydrogens (tertiary/aromatic N) is 1. The molecule has 106 valence electrons. The Morgan fingerprint density at radius 2 is 2.21 bits per heavy atom. The van der Waals surface area contributed by atoms with E-state index in [9.17, 15) is 13.2 Å². The molecule has 3 N–H and O–H groups in total. The number of nitrogens with two attached hydrogens (primary N) is 1. The third-order valence-corrected chi connectivity index (χ3v) is 3.70. The van der Waals surface area contributed by atoms with Crippen molar-refractivity contribution in [2.45, 2.75) is 25.9 Å². The van der Waals surface area contributed by atoms with Crippen LogP contribution in [-0.4, -0.2) is 37.4 Å². The molecule has 0 aliphatic heterocycles. The number of hydrogen-bond acceptors (Lipinski definition) is 5. The number of aromatic nitrogens is 1. The van der Waals surface area contributed by atoms with Gasteiger partial charge in [-0.3, -0.25) is 9.78 Å². The SMILES string of the molecule is Cc1cnccc1CNC(=O)C(N)CCS(C)(=O)=O. The first-order valence-electron chi connectivity index (χ1n) is 5.90. The molecule has 1 heterocycles. The zero-order valence-electron chi connectivity index (χ0n) is 11.1. The Kier molecular flexibility index (Phi) is 5.44. The first-order chi connectivity index (χ1) is 8.79. The quantitative estimate of drug-likeness (QED) is 0.751. The van der Waals surface area contributed by atoms with E-state index in [-0.39, 0.29) is 18.1 Å². The molecule has 0 bridgehead atoms. The molecule has 1 aromatic rings. The van der Waals surface area contributed by atoms with E-state index in [0.717, 1.165) is 17.4 Å². The van der Waals surface area contributed by atoms with Gasteiger partial charge in [-0.1, -0.05) is 0 Å². The highest BCUT2D eigenvalue weighted by Gasteiger charge is 2.15. The van der Waals surface area contributed by atoms with Crippen LogP contribution in [0.2, 0.25) is 0 Å². The minimum absolute atomic E-state index is 0.0874. The van der Waals surface area contributed by atoms with Crippen LogP contribution in [0, 0.1) is 6.92 Å². The summed E-state index contributed by atoms with van der Waals surface area (Å²) < 4.78 is 22.0. The Morgan fingerprint density at radius 1 is 1.53 bits per heavy atom. The molecule has 0 aromatic carbocycles. The van der Waals surface area contributed by atoms with Crippen molar-refractivity contribution in [2.24, 2.45) is 5.73 Å². The molecule has 0 aliphatic rings. The first kappa shape index (κ1) is 15.6. The van der Waals surface area contributed by atoms with E-state index in [4.69, 9.17) is 5.73 Å².